The first kappa shape index (κ1) is 15.2. The van der Waals surface area contributed by atoms with E-state index in [4.69, 9.17) is 16.7 Å². The van der Waals surface area contributed by atoms with Crippen LogP contribution in [0.1, 0.15) is 5.56 Å². The minimum atomic E-state index is -3.71. The normalized spacial score (nSPS) is 12.2. The highest BCUT2D eigenvalue weighted by molar-refractivity contribution is 7.89. The molecule has 0 saturated carbocycles. The number of aryl methyl sites for hydroxylation is 1. The Kier molecular flexibility index (Phi) is 4.29. The Bertz CT molecular complexity index is 747. The molecule has 1 aromatic heterocycles. The molecule has 0 unspecified atom stereocenters. The number of pyridine rings is 1. The topological polar surface area (TPSA) is 70.5 Å². The van der Waals surface area contributed by atoms with Crippen molar-refractivity contribution in [3.63, 3.8) is 0 Å². The van der Waals surface area contributed by atoms with Gasteiger partial charge in [0.1, 0.15) is 10.0 Å². The van der Waals surface area contributed by atoms with E-state index in [0.29, 0.717) is 10.9 Å². The lowest BCUT2D eigenvalue weighted by Gasteiger charge is -2.17. The highest BCUT2D eigenvalue weighted by atomic mass is 35.5. The molecule has 0 atom stereocenters. The molecule has 0 aliphatic rings. The Balaban J connectivity index is 2.69. The fourth-order valence-corrected chi connectivity index (χ4v) is 3.35. The maximum atomic E-state index is 12.5. The monoisotopic (exact) mass is 314 g/mol. The van der Waals surface area contributed by atoms with Crippen LogP contribution in [0.15, 0.2) is 29.2 Å². The van der Waals surface area contributed by atoms with Crippen molar-refractivity contribution in [3.05, 3.63) is 35.0 Å². The number of aliphatic hydroxyl groups is 1. The van der Waals surface area contributed by atoms with Gasteiger partial charge in [0.25, 0.3) is 0 Å². The van der Waals surface area contributed by atoms with Gasteiger partial charge >= 0.3 is 0 Å². The van der Waals surface area contributed by atoms with Gasteiger partial charge in [-0.15, -0.1) is 0 Å². The van der Waals surface area contributed by atoms with Gasteiger partial charge in [0.2, 0.25) is 10.0 Å². The van der Waals surface area contributed by atoms with Crippen molar-refractivity contribution in [1.29, 1.82) is 0 Å². The molecule has 1 heterocycles. The number of benzene rings is 1. The number of rotatable bonds is 4. The van der Waals surface area contributed by atoms with Gasteiger partial charge in [-0.1, -0.05) is 23.7 Å². The molecule has 0 aliphatic heterocycles. The molecule has 0 saturated heterocycles. The van der Waals surface area contributed by atoms with E-state index in [1.165, 1.54) is 13.1 Å². The summed E-state index contributed by atoms with van der Waals surface area (Å²) in [4.78, 5) is 4.27. The molecule has 20 heavy (non-hydrogen) atoms. The first-order valence-corrected chi connectivity index (χ1v) is 7.83. The zero-order valence-corrected chi connectivity index (χ0v) is 12.7. The Hall–Kier alpha value is -1.21. The number of para-hydroxylation sites is 1. The third-order valence-electron chi connectivity index (χ3n) is 3.04. The van der Waals surface area contributed by atoms with Crippen LogP contribution in [0.4, 0.5) is 0 Å². The molecule has 0 aliphatic carbocycles. The number of sulfonamides is 1. The van der Waals surface area contributed by atoms with E-state index in [1.54, 1.807) is 18.2 Å². The zero-order chi connectivity index (χ0) is 14.9. The number of hydrogen-bond donors (Lipinski definition) is 1. The molecule has 1 N–H and O–H groups in total. The third kappa shape index (κ3) is 2.64. The van der Waals surface area contributed by atoms with E-state index in [0.717, 1.165) is 9.87 Å². The van der Waals surface area contributed by atoms with Crippen LogP contribution in [0.5, 0.6) is 0 Å². The van der Waals surface area contributed by atoms with Crippen LogP contribution in [0.2, 0.25) is 5.15 Å². The van der Waals surface area contributed by atoms with Crippen molar-refractivity contribution in [1.82, 2.24) is 9.29 Å². The molecular formula is C13H15ClN2O3S. The molecule has 7 heteroatoms. The van der Waals surface area contributed by atoms with Crippen LogP contribution in [-0.2, 0) is 10.0 Å². The molecule has 2 aromatic rings. The van der Waals surface area contributed by atoms with Crippen LogP contribution in [0.25, 0.3) is 10.9 Å². The van der Waals surface area contributed by atoms with Crippen LogP contribution in [-0.4, -0.2) is 43.0 Å². The quantitative estimate of drug-likeness (QED) is 0.874. The Morgan fingerprint density at radius 3 is 2.75 bits per heavy atom. The lowest BCUT2D eigenvalue weighted by molar-refractivity contribution is 0.266. The van der Waals surface area contributed by atoms with Gasteiger partial charge in [-0.3, -0.25) is 0 Å². The van der Waals surface area contributed by atoms with Gasteiger partial charge in [0.15, 0.2) is 0 Å². The molecule has 0 bridgehead atoms. The van der Waals surface area contributed by atoms with Crippen molar-refractivity contribution in [2.24, 2.45) is 0 Å². The molecule has 0 fully saturated rings. The predicted octanol–water partition coefficient (Wildman–Crippen LogP) is 1.81. The van der Waals surface area contributed by atoms with Crippen LogP contribution < -0.4 is 0 Å². The van der Waals surface area contributed by atoms with E-state index in [1.807, 2.05) is 6.92 Å². The third-order valence-corrected chi connectivity index (χ3v) is 5.31. The summed E-state index contributed by atoms with van der Waals surface area (Å²) in [6.07, 6.45) is 0. The first-order valence-electron chi connectivity index (χ1n) is 6.01. The number of likely N-dealkylation sites (N-methyl/N-ethyl adjacent to an activating group) is 1. The molecule has 0 radical (unpaired) electrons. The Morgan fingerprint density at radius 1 is 1.40 bits per heavy atom. The summed E-state index contributed by atoms with van der Waals surface area (Å²) >= 11 is 5.99. The minimum absolute atomic E-state index is 0.0261. The Morgan fingerprint density at radius 2 is 2.10 bits per heavy atom. The summed E-state index contributed by atoms with van der Waals surface area (Å²) in [5.74, 6) is 0. The number of halogens is 1. The largest absolute Gasteiger partial charge is 0.395 e. The lowest BCUT2D eigenvalue weighted by atomic mass is 10.2. The van der Waals surface area contributed by atoms with Crippen molar-refractivity contribution in [2.75, 3.05) is 20.2 Å². The predicted molar refractivity (Wildman–Crippen MR) is 78.4 cm³/mol. The summed E-state index contributed by atoms with van der Waals surface area (Å²) in [6.45, 7) is 1.60. The van der Waals surface area contributed by atoms with Gasteiger partial charge < -0.3 is 5.11 Å². The van der Waals surface area contributed by atoms with Crippen molar-refractivity contribution < 1.29 is 13.5 Å². The maximum absolute atomic E-state index is 12.5. The number of aliphatic hydroxyl groups excluding tert-OH is 1. The van der Waals surface area contributed by atoms with Gasteiger partial charge in [-0.2, -0.15) is 4.31 Å². The number of aromatic nitrogens is 1. The first-order chi connectivity index (χ1) is 9.37. The van der Waals surface area contributed by atoms with Crippen molar-refractivity contribution in [3.8, 4) is 0 Å². The van der Waals surface area contributed by atoms with E-state index in [9.17, 15) is 8.42 Å². The molecule has 108 valence electrons. The molecular weight excluding hydrogens is 300 g/mol. The van der Waals surface area contributed by atoms with Gasteiger partial charge in [0, 0.05) is 19.0 Å². The van der Waals surface area contributed by atoms with Gasteiger partial charge in [-0.25, -0.2) is 13.4 Å². The summed E-state index contributed by atoms with van der Waals surface area (Å²) in [5.41, 5.74) is 1.13. The molecule has 1 aromatic carbocycles. The second-order valence-electron chi connectivity index (χ2n) is 4.47. The molecule has 0 spiro atoms. The van der Waals surface area contributed by atoms with E-state index >= 15 is 0 Å². The number of nitrogens with zero attached hydrogens (tertiary/aromatic N) is 2. The molecule has 2 rings (SSSR count). The fraction of sp³-hybridized carbons (Fsp3) is 0.308. The lowest BCUT2D eigenvalue weighted by Crippen LogP contribution is -2.29. The highest BCUT2D eigenvalue weighted by Crippen LogP contribution is 2.26. The maximum Gasteiger partial charge on any atom is 0.245 e. The van der Waals surface area contributed by atoms with E-state index in [-0.39, 0.29) is 23.2 Å². The second kappa shape index (κ2) is 5.65. The van der Waals surface area contributed by atoms with E-state index in [2.05, 4.69) is 4.98 Å². The summed E-state index contributed by atoms with van der Waals surface area (Å²) in [7, 11) is -2.29. The minimum Gasteiger partial charge on any atom is -0.395 e. The molecule has 0 amide bonds. The second-order valence-corrected chi connectivity index (χ2v) is 6.85. The van der Waals surface area contributed by atoms with Gasteiger partial charge in [-0.05, 0) is 24.6 Å². The smallest absolute Gasteiger partial charge is 0.245 e. The van der Waals surface area contributed by atoms with Gasteiger partial charge in [0.05, 0.1) is 12.1 Å². The summed E-state index contributed by atoms with van der Waals surface area (Å²) < 4.78 is 26.0. The average molecular weight is 315 g/mol. The van der Waals surface area contributed by atoms with Crippen LogP contribution in [0, 0.1) is 6.92 Å². The standard InChI is InChI=1S/C13H15ClN2O3S/c1-9-8-10-4-3-5-11(12(10)15-13(9)14)20(18,19)16(2)6-7-17/h3-5,8,17H,6-7H2,1-2H3. The zero-order valence-electron chi connectivity index (χ0n) is 11.2. The number of hydrogen-bond acceptors (Lipinski definition) is 4. The Labute approximate surface area is 122 Å². The van der Waals surface area contributed by atoms with Crippen LogP contribution in [0.3, 0.4) is 0 Å². The summed E-state index contributed by atoms with van der Waals surface area (Å²) in [6, 6.07) is 6.74. The van der Waals surface area contributed by atoms with Crippen LogP contribution >= 0.6 is 11.6 Å². The average Bonchev–Trinajstić information content (AvgIpc) is 2.39. The fourth-order valence-electron chi connectivity index (χ4n) is 1.89. The number of fused-ring (bicyclic) bond motifs is 1. The summed E-state index contributed by atoms with van der Waals surface area (Å²) in [5, 5.41) is 9.89. The highest BCUT2D eigenvalue weighted by Gasteiger charge is 2.23. The SMILES string of the molecule is Cc1cc2cccc(S(=O)(=O)N(C)CCO)c2nc1Cl. The van der Waals surface area contributed by atoms with Crippen molar-refractivity contribution >= 4 is 32.5 Å². The van der Waals surface area contributed by atoms with Crippen molar-refractivity contribution in [2.45, 2.75) is 11.8 Å². The molecule has 5 nitrogen and oxygen atoms in total. The van der Waals surface area contributed by atoms with E-state index < -0.39 is 10.0 Å².